The molecule has 0 aromatic rings. The lowest BCUT2D eigenvalue weighted by Gasteiger charge is -2.25. The zero-order valence-corrected chi connectivity index (χ0v) is 9.27. The lowest BCUT2D eigenvalue weighted by molar-refractivity contribution is 0.460. The molecule has 0 saturated carbocycles. The summed E-state index contributed by atoms with van der Waals surface area (Å²) in [7, 11) is 2.08. The lowest BCUT2D eigenvalue weighted by Crippen LogP contribution is -2.28. The average Bonchev–Trinajstić information content (AvgIpc) is 2.18. The fourth-order valence-electron chi connectivity index (χ4n) is 2.21. The smallest absolute Gasteiger partial charge is 0.0104 e. The third kappa shape index (κ3) is 3.15. The van der Waals surface area contributed by atoms with E-state index in [1.54, 1.807) is 5.57 Å². The summed E-state index contributed by atoms with van der Waals surface area (Å²) in [6.07, 6.45) is 8.99. The highest BCUT2D eigenvalue weighted by Gasteiger charge is 2.16. The van der Waals surface area contributed by atoms with Crippen LogP contribution in [0, 0.1) is 5.92 Å². The molecular weight excluding hydrogens is 158 g/mol. The van der Waals surface area contributed by atoms with Gasteiger partial charge in [0.25, 0.3) is 0 Å². The number of rotatable bonds is 4. The zero-order valence-electron chi connectivity index (χ0n) is 9.27. The first kappa shape index (κ1) is 10.8. The van der Waals surface area contributed by atoms with Crippen LogP contribution in [0.5, 0.6) is 0 Å². The molecular formula is C12H23N. The first-order valence-corrected chi connectivity index (χ1v) is 5.64. The summed E-state index contributed by atoms with van der Waals surface area (Å²) in [5, 5.41) is 3.39. The third-order valence-corrected chi connectivity index (χ3v) is 3.17. The molecule has 0 spiro atoms. The summed E-state index contributed by atoms with van der Waals surface area (Å²) < 4.78 is 0. The van der Waals surface area contributed by atoms with Crippen LogP contribution in [0.3, 0.4) is 0 Å². The van der Waals surface area contributed by atoms with Gasteiger partial charge in [-0.2, -0.15) is 0 Å². The van der Waals surface area contributed by atoms with Crippen LogP contribution >= 0.6 is 0 Å². The summed E-state index contributed by atoms with van der Waals surface area (Å²) in [5.74, 6) is 0.807. The van der Waals surface area contributed by atoms with E-state index >= 15 is 0 Å². The highest BCUT2D eigenvalue weighted by molar-refractivity contribution is 5.11. The van der Waals surface area contributed by atoms with Crippen LogP contribution in [-0.2, 0) is 0 Å². The van der Waals surface area contributed by atoms with Gasteiger partial charge in [0.15, 0.2) is 0 Å². The Labute approximate surface area is 82.6 Å². The Morgan fingerprint density at radius 3 is 3.00 bits per heavy atom. The van der Waals surface area contributed by atoms with E-state index in [4.69, 9.17) is 0 Å². The number of nitrogens with one attached hydrogen (secondary N) is 1. The van der Waals surface area contributed by atoms with Crippen LogP contribution in [0.1, 0.15) is 46.0 Å². The zero-order chi connectivity index (χ0) is 9.68. The van der Waals surface area contributed by atoms with Gasteiger partial charge in [0, 0.05) is 6.04 Å². The molecule has 0 fully saturated rings. The van der Waals surface area contributed by atoms with Crippen LogP contribution in [-0.4, -0.2) is 13.1 Å². The first-order valence-electron chi connectivity index (χ1n) is 5.64. The highest BCUT2D eigenvalue weighted by Crippen LogP contribution is 2.26. The van der Waals surface area contributed by atoms with E-state index < -0.39 is 0 Å². The number of hydrogen-bond acceptors (Lipinski definition) is 1. The van der Waals surface area contributed by atoms with E-state index in [9.17, 15) is 0 Å². The van der Waals surface area contributed by atoms with Crippen molar-refractivity contribution in [3.8, 4) is 0 Å². The van der Waals surface area contributed by atoms with Gasteiger partial charge >= 0.3 is 0 Å². The maximum Gasteiger partial charge on any atom is 0.0104 e. The van der Waals surface area contributed by atoms with E-state index in [0.717, 1.165) is 12.0 Å². The normalized spacial score (nSPS) is 25.5. The molecule has 0 radical (unpaired) electrons. The van der Waals surface area contributed by atoms with E-state index in [2.05, 4.69) is 32.3 Å². The second-order valence-electron chi connectivity index (χ2n) is 4.24. The molecule has 0 saturated heterocycles. The molecule has 0 aromatic heterocycles. The minimum absolute atomic E-state index is 0.735. The minimum atomic E-state index is 0.735. The van der Waals surface area contributed by atoms with Crippen LogP contribution in [0.2, 0.25) is 0 Å². The highest BCUT2D eigenvalue weighted by atomic mass is 14.9. The average molecular weight is 181 g/mol. The van der Waals surface area contributed by atoms with E-state index in [1.807, 2.05) is 0 Å². The summed E-state index contributed by atoms with van der Waals surface area (Å²) >= 11 is 0. The predicted octanol–water partition coefficient (Wildman–Crippen LogP) is 3.12. The van der Waals surface area contributed by atoms with E-state index in [-0.39, 0.29) is 0 Å². The van der Waals surface area contributed by atoms with Gasteiger partial charge in [-0.15, -0.1) is 0 Å². The van der Waals surface area contributed by atoms with Crippen molar-refractivity contribution in [1.29, 1.82) is 0 Å². The number of hydrogen-bond donors (Lipinski definition) is 1. The van der Waals surface area contributed by atoms with Crippen LogP contribution < -0.4 is 5.32 Å². The summed E-state index contributed by atoms with van der Waals surface area (Å²) in [6, 6.07) is 0.735. The summed E-state index contributed by atoms with van der Waals surface area (Å²) in [4.78, 5) is 0. The largest absolute Gasteiger partial charge is 0.317 e. The molecule has 2 unspecified atom stereocenters. The van der Waals surface area contributed by atoms with Gasteiger partial charge in [-0.3, -0.25) is 0 Å². The van der Waals surface area contributed by atoms with Gasteiger partial charge in [-0.1, -0.05) is 31.9 Å². The van der Waals surface area contributed by atoms with Crippen molar-refractivity contribution < 1.29 is 0 Å². The van der Waals surface area contributed by atoms with Crippen molar-refractivity contribution >= 4 is 0 Å². The van der Waals surface area contributed by atoms with Gasteiger partial charge in [-0.25, -0.2) is 0 Å². The van der Waals surface area contributed by atoms with Crippen LogP contribution in [0.4, 0.5) is 0 Å². The molecule has 1 aliphatic rings. The Bertz CT molecular complexity index is 172. The quantitative estimate of drug-likeness (QED) is 0.657. The second kappa shape index (κ2) is 5.43. The van der Waals surface area contributed by atoms with Crippen molar-refractivity contribution in [3.05, 3.63) is 11.6 Å². The second-order valence-corrected chi connectivity index (χ2v) is 4.24. The molecule has 1 aliphatic carbocycles. The van der Waals surface area contributed by atoms with Gasteiger partial charge in [0.1, 0.15) is 0 Å². The molecule has 2 atom stereocenters. The van der Waals surface area contributed by atoms with Gasteiger partial charge < -0.3 is 5.32 Å². The molecule has 0 heterocycles. The standard InChI is InChI=1S/C12H23N/c1-4-6-10(2)11-7-5-8-12(9-11)13-3/h7,10,12-13H,4-6,8-9H2,1-3H3. The maximum absolute atomic E-state index is 3.39. The van der Waals surface area contributed by atoms with Gasteiger partial charge in [-0.05, 0) is 38.6 Å². The molecule has 0 amide bonds. The fraction of sp³-hybridized carbons (Fsp3) is 0.833. The topological polar surface area (TPSA) is 12.0 Å². The van der Waals surface area contributed by atoms with Crippen molar-refractivity contribution in [2.24, 2.45) is 5.92 Å². The minimum Gasteiger partial charge on any atom is -0.317 e. The number of allylic oxidation sites excluding steroid dienone is 1. The molecule has 0 aromatic carbocycles. The Morgan fingerprint density at radius 2 is 2.38 bits per heavy atom. The Morgan fingerprint density at radius 1 is 1.62 bits per heavy atom. The van der Waals surface area contributed by atoms with Gasteiger partial charge in [0.05, 0.1) is 0 Å². The summed E-state index contributed by atoms with van der Waals surface area (Å²) in [5.41, 5.74) is 1.69. The van der Waals surface area contributed by atoms with Crippen LogP contribution in [0.25, 0.3) is 0 Å². The van der Waals surface area contributed by atoms with E-state index in [1.165, 1.54) is 32.1 Å². The monoisotopic (exact) mass is 181 g/mol. The Hall–Kier alpha value is -0.300. The maximum atomic E-state index is 3.39. The SMILES string of the molecule is CCCC(C)C1=CCCC(NC)C1. The van der Waals surface area contributed by atoms with Crippen molar-refractivity contribution in [2.75, 3.05) is 7.05 Å². The lowest BCUT2D eigenvalue weighted by atomic mass is 9.85. The fourth-order valence-corrected chi connectivity index (χ4v) is 2.21. The van der Waals surface area contributed by atoms with Crippen LogP contribution in [0.15, 0.2) is 11.6 Å². The summed E-state index contributed by atoms with van der Waals surface area (Å²) in [6.45, 7) is 4.64. The first-order chi connectivity index (χ1) is 6.27. The molecule has 1 heteroatoms. The molecule has 13 heavy (non-hydrogen) atoms. The Kier molecular flexibility index (Phi) is 4.51. The van der Waals surface area contributed by atoms with Crippen molar-refractivity contribution in [3.63, 3.8) is 0 Å². The molecule has 1 nitrogen and oxygen atoms in total. The van der Waals surface area contributed by atoms with Gasteiger partial charge in [0.2, 0.25) is 0 Å². The molecule has 76 valence electrons. The predicted molar refractivity (Wildman–Crippen MR) is 58.9 cm³/mol. The third-order valence-electron chi connectivity index (χ3n) is 3.17. The molecule has 1 N–H and O–H groups in total. The molecule has 0 aliphatic heterocycles. The van der Waals surface area contributed by atoms with Crippen molar-refractivity contribution in [2.45, 2.75) is 52.0 Å². The van der Waals surface area contributed by atoms with E-state index in [0.29, 0.717) is 0 Å². The van der Waals surface area contributed by atoms with Crippen molar-refractivity contribution in [1.82, 2.24) is 5.32 Å². The molecule has 1 rings (SSSR count). The Balaban J connectivity index is 2.44. The molecule has 0 bridgehead atoms.